The predicted octanol–water partition coefficient (Wildman–Crippen LogP) is 3.47. The molecule has 4 nitrogen and oxygen atoms in total. The summed E-state index contributed by atoms with van der Waals surface area (Å²) in [7, 11) is -3.51. The summed E-state index contributed by atoms with van der Waals surface area (Å²) in [6, 6.07) is 3.76. The Morgan fingerprint density at radius 3 is 2.74 bits per heavy atom. The Bertz CT molecular complexity index is 853. The molecule has 1 aliphatic carbocycles. The number of rotatable bonds is 2. The first-order chi connectivity index (χ1) is 10.8. The maximum Gasteiger partial charge on any atom is 0.181 e. The molecule has 0 aromatic heterocycles. The second-order valence-corrected chi connectivity index (χ2v) is 8.34. The summed E-state index contributed by atoms with van der Waals surface area (Å²) >= 11 is 9.09. The highest BCUT2D eigenvalue weighted by atomic mass is 79.9. The average molecular weight is 422 g/mol. The van der Waals surface area contributed by atoms with E-state index in [-0.39, 0.29) is 27.0 Å². The van der Waals surface area contributed by atoms with Crippen LogP contribution >= 0.6 is 27.5 Å². The monoisotopic (exact) mass is 420 g/mol. The largest absolute Gasteiger partial charge is 0.456 e. The van der Waals surface area contributed by atoms with E-state index in [0.717, 1.165) is 6.07 Å². The quantitative estimate of drug-likeness (QED) is 0.794. The first kappa shape index (κ1) is 16.7. The van der Waals surface area contributed by atoms with Crippen molar-refractivity contribution in [1.82, 2.24) is 0 Å². The topological polar surface area (TPSA) is 63.6 Å². The summed E-state index contributed by atoms with van der Waals surface area (Å²) in [5.74, 6) is -0.433. The van der Waals surface area contributed by atoms with E-state index in [2.05, 4.69) is 15.9 Å². The highest BCUT2D eigenvalue weighted by Crippen LogP contribution is 2.40. The molecule has 0 bridgehead atoms. The van der Waals surface area contributed by atoms with E-state index in [1.54, 1.807) is 6.08 Å². The van der Waals surface area contributed by atoms with Gasteiger partial charge in [0.05, 0.1) is 21.2 Å². The average Bonchev–Trinajstić information content (AvgIpc) is 2.54. The van der Waals surface area contributed by atoms with Gasteiger partial charge in [-0.3, -0.25) is 0 Å². The van der Waals surface area contributed by atoms with Crippen LogP contribution in [-0.2, 0) is 9.84 Å². The minimum absolute atomic E-state index is 0.101. The normalized spacial score (nSPS) is 23.0. The van der Waals surface area contributed by atoms with Crippen LogP contribution in [0.15, 0.2) is 51.1 Å². The molecule has 0 amide bonds. The molecule has 122 valence electrons. The summed E-state index contributed by atoms with van der Waals surface area (Å²) in [6.07, 6.45) is 2.33. The Balaban J connectivity index is 2.01. The zero-order valence-corrected chi connectivity index (χ0v) is 14.8. The zero-order valence-electron chi connectivity index (χ0n) is 11.6. The van der Waals surface area contributed by atoms with Crippen LogP contribution in [0.1, 0.15) is 6.42 Å². The molecular formula is C15H11BrClFO4S. The summed E-state index contributed by atoms with van der Waals surface area (Å²) in [5.41, 5.74) is 0.260. The van der Waals surface area contributed by atoms with Gasteiger partial charge in [0.15, 0.2) is 9.84 Å². The summed E-state index contributed by atoms with van der Waals surface area (Å²) in [5, 5.41) is 10.2. The lowest BCUT2D eigenvalue weighted by Crippen LogP contribution is -2.11. The summed E-state index contributed by atoms with van der Waals surface area (Å²) in [6.45, 7) is 0. The van der Waals surface area contributed by atoms with E-state index in [1.807, 2.05) is 0 Å². The van der Waals surface area contributed by atoms with Gasteiger partial charge in [-0.15, -0.1) is 0 Å². The van der Waals surface area contributed by atoms with Crippen LogP contribution in [-0.4, -0.2) is 25.4 Å². The highest BCUT2D eigenvalue weighted by Gasteiger charge is 2.40. The van der Waals surface area contributed by atoms with E-state index in [1.165, 1.54) is 18.2 Å². The van der Waals surface area contributed by atoms with Gasteiger partial charge in [-0.1, -0.05) is 17.7 Å². The van der Waals surface area contributed by atoms with Crippen molar-refractivity contribution >= 4 is 37.4 Å². The van der Waals surface area contributed by atoms with Gasteiger partial charge in [-0.05, 0) is 40.6 Å². The molecule has 1 aliphatic heterocycles. The van der Waals surface area contributed by atoms with E-state index >= 15 is 0 Å². The van der Waals surface area contributed by atoms with Gasteiger partial charge in [0, 0.05) is 16.7 Å². The number of benzene rings is 1. The molecule has 2 aliphatic rings. The van der Waals surface area contributed by atoms with Crippen molar-refractivity contribution in [2.45, 2.75) is 12.5 Å². The molecule has 1 aromatic rings. The maximum absolute atomic E-state index is 13.4. The molecule has 1 N–H and O–H groups in total. The number of aliphatic hydroxyl groups excluding tert-OH is 1. The Morgan fingerprint density at radius 2 is 2.04 bits per heavy atom. The van der Waals surface area contributed by atoms with E-state index < -0.39 is 21.8 Å². The molecule has 1 saturated heterocycles. The van der Waals surface area contributed by atoms with E-state index in [0.29, 0.717) is 16.7 Å². The molecule has 0 spiro atoms. The van der Waals surface area contributed by atoms with Gasteiger partial charge in [0.1, 0.15) is 17.3 Å². The van der Waals surface area contributed by atoms with Crippen molar-refractivity contribution in [2.24, 2.45) is 0 Å². The zero-order chi connectivity index (χ0) is 16.8. The predicted molar refractivity (Wildman–Crippen MR) is 88.6 cm³/mol. The van der Waals surface area contributed by atoms with Gasteiger partial charge in [-0.25, -0.2) is 12.8 Å². The number of fused-ring (bicyclic) bond motifs is 1. The molecule has 0 unspecified atom stereocenters. The van der Waals surface area contributed by atoms with E-state index in [9.17, 15) is 17.9 Å². The molecule has 3 rings (SSSR count). The number of halogens is 3. The number of hydrogen-bond acceptors (Lipinski definition) is 4. The molecule has 1 fully saturated rings. The number of ether oxygens (including phenoxy) is 1. The van der Waals surface area contributed by atoms with Gasteiger partial charge in [-0.2, -0.15) is 0 Å². The number of hydrogen-bond donors (Lipinski definition) is 1. The fourth-order valence-electron chi connectivity index (χ4n) is 2.50. The third kappa shape index (κ3) is 3.24. The molecule has 1 aromatic carbocycles. The van der Waals surface area contributed by atoms with Crippen LogP contribution in [0.5, 0.6) is 5.75 Å². The van der Waals surface area contributed by atoms with Crippen molar-refractivity contribution in [1.29, 1.82) is 0 Å². The minimum atomic E-state index is -3.51. The fourth-order valence-corrected chi connectivity index (χ4v) is 5.25. The Morgan fingerprint density at radius 1 is 1.30 bits per heavy atom. The van der Waals surface area contributed by atoms with Gasteiger partial charge in [0.2, 0.25) is 0 Å². The minimum Gasteiger partial charge on any atom is -0.456 e. The third-order valence-corrected chi connectivity index (χ3v) is 6.28. The Labute approximate surface area is 146 Å². The molecule has 1 atom stereocenters. The van der Waals surface area contributed by atoms with Gasteiger partial charge < -0.3 is 9.84 Å². The van der Waals surface area contributed by atoms with Gasteiger partial charge in [0.25, 0.3) is 0 Å². The first-order valence-electron chi connectivity index (χ1n) is 6.63. The molecule has 0 radical (unpaired) electrons. The molecule has 8 heteroatoms. The Kier molecular flexibility index (Phi) is 4.39. The lowest BCUT2D eigenvalue weighted by atomic mass is 10.1. The summed E-state index contributed by atoms with van der Waals surface area (Å²) < 4.78 is 43.4. The molecule has 23 heavy (non-hydrogen) atoms. The second-order valence-electron chi connectivity index (χ2n) is 5.10. The molecular weight excluding hydrogens is 411 g/mol. The van der Waals surface area contributed by atoms with Crippen molar-refractivity contribution in [3.63, 3.8) is 0 Å². The van der Waals surface area contributed by atoms with Crippen molar-refractivity contribution in [3.8, 4) is 5.75 Å². The van der Waals surface area contributed by atoms with Crippen LogP contribution in [0, 0.1) is 5.82 Å². The number of aliphatic hydroxyl groups is 1. The lowest BCUT2D eigenvalue weighted by molar-refractivity contribution is 0.240. The molecule has 0 saturated carbocycles. The molecule has 1 heterocycles. The Hall–Kier alpha value is -1.15. The first-order valence-corrected chi connectivity index (χ1v) is 9.46. The highest BCUT2D eigenvalue weighted by molar-refractivity contribution is 9.12. The van der Waals surface area contributed by atoms with Gasteiger partial charge >= 0.3 is 0 Å². The van der Waals surface area contributed by atoms with Crippen LogP contribution in [0.4, 0.5) is 4.39 Å². The third-order valence-electron chi connectivity index (χ3n) is 3.43. The summed E-state index contributed by atoms with van der Waals surface area (Å²) in [4.78, 5) is 0.101. The number of allylic oxidation sites excluding steroid dienone is 3. The van der Waals surface area contributed by atoms with E-state index in [4.69, 9.17) is 16.3 Å². The van der Waals surface area contributed by atoms with Crippen molar-refractivity contribution in [3.05, 3.63) is 61.9 Å². The smallest absolute Gasteiger partial charge is 0.181 e. The van der Waals surface area contributed by atoms with Crippen LogP contribution in [0.3, 0.4) is 0 Å². The second kappa shape index (κ2) is 6.05. The number of sulfone groups is 1. The van der Waals surface area contributed by atoms with Crippen LogP contribution in [0.25, 0.3) is 0 Å². The fraction of sp³-hybridized carbons (Fsp3) is 0.200. The SMILES string of the molecule is O=S1(=O)C[C@H](O)C2=C(Br)C(Oc3cc(F)cc(Cl)c3)=CCC=C21. The maximum atomic E-state index is 13.4. The lowest BCUT2D eigenvalue weighted by Gasteiger charge is -2.13. The van der Waals surface area contributed by atoms with Crippen molar-refractivity contribution < 1.29 is 22.7 Å². The van der Waals surface area contributed by atoms with Crippen molar-refractivity contribution in [2.75, 3.05) is 5.75 Å². The van der Waals surface area contributed by atoms with Crippen LogP contribution in [0.2, 0.25) is 5.02 Å². The standard InChI is InChI=1S/C15H11BrClFO4S/c16-15-12(22-10-5-8(17)4-9(18)6-10)2-1-3-13-14(15)11(19)7-23(13,20)21/h2-6,11,19H,1,7H2/t11-/m0/s1. The van der Waals surface area contributed by atoms with Crippen LogP contribution < -0.4 is 4.74 Å².